The van der Waals surface area contributed by atoms with E-state index in [1.54, 1.807) is 0 Å². The largest absolute Gasteiger partial charge is 0.350 e. The van der Waals surface area contributed by atoms with Crippen molar-refractivity contribution in [3.63, 3.8) is 0 Å². The molecule has 92 valence electrons. The second-order valence-corrected chi connectivity index (χ2v) is 4.90. The van der Waals surface area contributed by atoms with Gasteiger partial charge < -0.3 is 9.47 Å². The molecule has 0 spiro atoms. The average Bonchev–Trinajstić information content (AvgIpc) is 2.65. The number of fused-ring (bicyclic) bond motifs is 1. The van der Waals surface area contributed by atoms with Crippen molar-refractivity contribution in [1.29, 1.82) is 0 Å². The molecule has 1 heterocycles. The standard InChI is InChI=1S/C14H19ClN2/c1-16(10-8-15)9-7-12-11-17(2)14-6-4-3-5-13(12)14/h3-6,11H,7-10H2,1-2H3. The van der Waals surface area contributed by atoms with Crippen molar-refractivity contribution in [2.75, 3.05) is 26.0 Å². The molecule has 0 amide bonds. The Morgan fingerprint density at radius 3 is 2.76 bits per heavy atom. The summed E-state index contributed by atoms with van der Waals surface area (Å²) in [5, 5.41) is 1.37. The summed E-state index contributed by atoms with van der Waals surface area (Å²) >= 11 is 5.73. The van der Waals surface area contributed by atoms with Gasteiger partial charge in [0.2, 0.25) is 0 Å². The number of hydrogen-bond acceptors (Lipinski definition) is 1. The highest BCUT2D eigenvalue weighted by molar-refractivity contribution is 6.18. The highest BCUT2D eigenvalue weighted by atomic mass is 35.5. The highest BCUT2D eigenvalue weighted by Gasteiger charge is 2.06. The van der Waals surface area contributed by atoms with Crippen LogP contribution in [0.1, 0.15) is 5.56 Å². The Morgan fingerprint density at radius 2 is 2.00 bits per heavy atom. The number of alkyl halides is 1. The molecule has 3 heteroatoms. The molecule has 0 aliphatic heterocycles. The SMILES string of the molecule is CN(CCCl)CCc1cn(C)c2ccccc12. The summed E-state index contributed by atoms with van der Waals surface area (Å²) < 4.78 is 2.20. The van der Waals surface area contributed by atoms with Gasteiger partial charge in [0.15, 0.2) is 0 Å². The molecule has 2 nitrogen and oxygen atoms in total. The average molecular weight is 251 g/mol. The van der Waals surface area contributed by atoms with E-state index in [1.165, 1.54) is 16.5 Å². The van der Waals surface area contributed by atoms with Crippen LogP contribution < -0.4 is 0 Å². The van der Waals surface area contributed by atoms with Gasteiger partial charge in [-0.2, -0.15) is 0 Å². The summed E-state index contributed by atoms with van der Waals surface area (Å²) in [4.78, 5) is 2.27. The molecule has 1 aromatic heterocycles. The smallest absolute Gasteiger partial charge is 0.0480 e. The van der Waals surface area contributed by atoms with Gasteiger partial charge in [-0.1, -0.05) is 18.2 Å². The number of para-hydroxylation sites is 1. The topological polar surface area (TPSA) is 8.17 Å². The Hall–Kier alpha value is -0.990. The quantitative estimate of drug-likeness (QED) is 0.741. The monoisotopic (exact) mass is 250 g/mol. The van der Waals surface area contributed by atoms with Gasteiger partial charge in [-0.05, 0) is 25.1 Å². The number of likely N-dealkylation sites (N-methyl/N-ethyl adjacent to an activating group) is 1. The predicted octanol–water partition coefficient (Wildman–Crippen LogP) is 2.89. The molecule has 0 saturated carbocycles. The molecule has 0 fully saturated rings. The molecule has 2 rings (SSSR count). The zero-order chi connectivity index (χ0) is 12.3. The lowest BCUT2D eigenvalue weighted by atomic mass is 10.1. The number of nitrogens with zero attached hydrogens (tertiary/aromatic N) is 2. The maximum atomic E-state index is 5.73. The second-order valence-electron chi connectivity index (χ2n) is 4.52. The zero-order valence-corrected chi connectivity index (χ0v) is 11.2. The van der Waals surface area contributed by atoms with E-state index in [2.05, 4.69) is 54.0 Å². The van der Waals surface area contributed by atoms with Crippen LogP contribution in [0.3, 0.4) is 0 Å². The van der Waals surface area contributed by atoms with Gasteiger partial charge in [0.05, 0.1) is 0 Å². The first-order valence-corrected chi connectivity index (χ1v) is 6.53. The molecule has 2 aromatic rings. The second kappa shape index (κ2) is 5.56. The van der Waals surface area contributed by atoms with Crippen molar-refractivity contribution in [2.24, 2.45) is 7.05 Å². The van der Waals surface area contributed by atoms with E-state index in [4.69, 9.17) is 11.6 Å². The van der Waals surface area contributed by atoms with Crippen molar-refractivity contribution in [1.82, 2.24) is 9.47 Å². The number of aryl methyl sites for hydroxylation is 1. The third-order valence-corrected chi connectivity index (χ3v) is 3.38. The Bertz CT molecular complexity index is 490. The van der Waals surface area contributed by atoms with Crippen LogP contribution in [0.2, 0.25) is 0 Å². The Balaban J connectivity index is 2.13. The van der Waals surface area contributed by atoms with Crippen LogP contribution in [-0.4, -0.2) is 35.5 Å². The lowest BCUT2D eigenvalue weighted by Gasteiger charge is -2.14. The van der Waals surface area contributed by atoms with Crippen LogP contribution in [0.15, 0.2) is 30.5 Å². The van der Waals surface area contributed by atoms with Crippen molar-refractivity contribution < 1.29 is 0 Å². The van der Waals surface area contributed by atoms with Crippen LogP contribution in [0.25, 0.3) is 10.9 Å². The molecule has 0 aliphatic carbocycles. The number of benzene rings is 1. The van der Waals surface area contributed by atoms with E-state index in [9.17, 15) is 0 Å². The van der Waals surface area contributed by atoms with Gasteiger partial charge in [0.1, 0.15) is 0 Å². The fraction of sp³-hybridized carbons (Fsp3) is 0.429. The minimum absolute atomic E-state index is 0.700. The Kier molecular flexibility index (Phi) is 4.08. The van der Waals surface area contributed by atoms with Crippen LogP contribution >= 0.6 is 11.6 Å². The van der Waals surface area contributed by atoms with Crippen molar-refractivity contribution in [3.05, 3.63) is 36.0 Å². The van der Waals surface area contributed by atoms with E-state index >= 15 is 0 Å². The van der Waals surface area contributed by atoms with Crippen LogP contribution in [0.4, 0.5) is 0 Å². The summed E-state index contributed by atoms with van der Waals surface area (Å²) in [6.07, 6.45) is 3.31. The summed E-state index contributed by atoms with van der Waals surface area (Å²) in [6, 6.07) is 8.56. The third-order valence-electron chi connectivity index (χ3n) is 3.21. The zero-order valence-electron chi connectivity index (χ0n) is 10.5. The van der Waals surface area contributed by atoms with E-state index in [0.29, 0.717) is 5.88 Å². The van der Waals surface area contributed by atoms with E-state index in [-0.39, 0.29) is 0 Å². The third kappa shape index (κ3) is 2.82. The van der Waals surface area contributed by atoms with Crippen LogP contribution in [-0.2, 0) is 13.5 Å². The molecule has 0 bridgehead atoms. The lowest BCUT2D eigenvalue weighted by molar-refractivity contribution is 0.360. The molecule has 1 aromatic carbocycles. The van der Waals surface area contributed by atoms with E-state index in [0.717, 1.165) is 19.5 Å². The Labute approximate surface area is 108 Å². The fourth-order valence-electron chi connectivity index (χ4n) is 2.19. The van der Waals surface area contributed by atoms with Gasteiger partial charge >= 0.3 is 0 Å². The Morgan fingerprint density at radius 1 is 1.24 bits per heavy atom. The minimum atomic E-state index is 0.700. The van der Waals surface area contributed by atoms with Crippen molar-refractivity contribution in [3.8, 4) is 0 Å². The van der Waals surface area contributed by atoms with Gasteiger partial charge in [0, 0.05) is 43.1 Å². The van der Waals surface area contributed by atoms with Gasteiger partial charge in [-0.25, -0.2) is 0 Å². The van der Waals surface area contributed by atoms with Crippen LogP contribution in [0.5, 0.6) is 0 Å². The molecular weight excluding hydrogens is 232 g/mol. The maximum absolute atomic E-state index is 5.73. The first kappa shape index (κ1) is 12.5. The summed E-state index contributed by atoms with van der Waals surface area (Å²) in [5.74, 6) is 0.700. The fourth-order valence-corrected chi connectivity index (χ4v) is 2.48. The highest BCUT2D eigenvalue weighted by Crippen LogP contribution is 2.20. The number of aromatic nitrogens is 1. The predicted molar refractivity (Wildman–Crippen MR) is 74.8 cm³/mol. The molecular formula is C14H19ClN2. The molecule has 0 saturated heterocycles. The molecule has 17 heavy (non-hydrogen) atoms. The van der Waals surface area contributed by atoms with E-state index in [1.807, 2.05) is 0 Å². The number of rotatable bonds is 5. The molecule has 0 atom stereocenters. The van der Waals surface area contributed by atoms with Crippen molar-refractivity contribution in [2.45, 2.75) is 6.42 Å². The van der Waals surface area contributed by atoms with Crippen LogP contribution in [0, 0.1) is 0 Å². The number of hydrogen-bond donors (Lipinski definition) is 0. The number of halogens is 1. The molecule has 0 radical (unpaired) electrons. The van der Waals surface area contributed by atoms with Crippen molar-refractivity contribution >= 4 is 22.5 Å². The van der Waals surface area contributed by atoms with Gasteiger partial charge in [-0.3, -0.25) is 0 Å². The molecule has 0 aliphatic rings. The first-order chi connectivity index (χ1) is 8.22. The minimum Gasteiger partial charge on any atom is -0.350 e. The first-order valence-electron chi connectivity index (χ1n) is 6.00. The van der Waals surface area contributed by atoms with E-state index < -0.39 is 0 Å². The summed E-state index contributed by atoms with van der Waals surface area (Å²) in [5.41, 5.74) is 2.73. The van der Waals surface area contributed by atoms with Gasteiger partial charge in [0.25, 0.3) is 0 Å². The summed E-state index contributed by atoms with van der Waals surface area (Å²) in [7, 11) is 4.22. The maximum Gasteiger partial charge on any atom is 0.0480 e. The normalized spacial score (nSPS) is 11.5. The molecule has 0 N–H and O–H groups in total. The summed E-state index contributed by atoms with van der Waals surface area (Å²) in [6.45, 7) is 2.01. The van der Waals surface area contributed by atoms with Gasteiger partial charge in [-0.15, -0.1) is 11.6 Å². The molecule has 0 unspecified atom stereocenters. The lowest BCUT2D eigenvalue weighted by Crippen LogP contribution is -2.23.